The van der Waals surface area contributed by atoms with Crippen LogP contribution >= 0.6 is 0 Å². The maximum atomic E-state index is 6.80. The van der Waals surface area contributed by atoms with Crippen molar-refractivity contribution in [2.45, 2.75) is 19.3 Å². The van der Waals surface area contributed by atoms with Crippen LogP contribution in [0.25, 0.3) is 76.9 Å². The molecule has 0 fully saturated rings. The number of hydrogen-bond acceptors (Lipinski definition) is 3. The van der Waals surface area contributed by atoms with Gasteiger partial charge in [-0.3, -0.25) is 0 Å². The SMILES string of the molecule is CC1(C)c2ccccc2-c2cccc(N(c3cccc(-c4cccc5c4oc4c6ccccc6ccc54)c3)c3ccc4oc5ccccc5c4c3)c21. The number of rotatable bonds is 4. The molecule has 0 bridgehead atoms. The van der Waals surface area contributed by atoms with Gasteiger partial charge in [-0.2, -0.15) is 0 Å². The zero-order valence-corrected chi connectivity index (χ0v) is 28.9. The van der Waals surface area contributed by atoms with Crippen molar-refractivity contribution < 1.29 is 8.83 Å². The van der Waals surface area contributed by atoms with Crippen LogP contribution in [0.3, 0.4) is 0 Å². The maximum absolute atomic E-state index is 6.80. The molecule has 8 aromatic carbocycles. The molecule has 1 aliphatic carbocycles. The van der Waals surface area contributed by atoms with Gasteiger partial charge in [0, 0.05) is 49.3 Å². The fourth-order valence-corrected chi connectivity index (χ4v) is 8.85. The fourth-order valence-electron chi connectivity index (χ4n) is 8.85. The Morgan fingerprint density at radius 3 is 2.08 bits per heavy atom. The monoisotopic (exact) mass is 667 g/mol. The lowest BCUT2D eigenvalue weighted by atomic mass is 9.81. The highest BCUT2D eigenvalue weighted by molar-refractivity contribution is 6.17. The highest BCUT2D eigenvalue weighted by Crippen LogP contribution is 2.54. The molecule has 0 radical (unpaired) electrons. The van der Waals surface area contributed by atoms with Crippen molar-refractivity contribution in [1.29, 1.82) is 0 Å². The Balaban J connectivity index is 1.15. The van der Waals surface area contributed by atoms with Gasteiger partial charge >= 0.3 is 0 Å². The molecule has 0 unspecified atom stereocenters. The molecule has 2 heterocycles. The molecule has 0 aliphatic heterocycles. The van der Waals surface area contributed by atoms with Crippen molar-refractivity contribution in [3.05, 3.63) is 175 Å². The summed E-state index contributed by atoms with van der Waals surface area (Å²) in [5, 5.41) is 6.78. The molecule has 0 amide bonds. The lowest BCUT2D eigenvalue weighted by Gasteiger charge is -2.32. The van der Waals surface area contributed by atoms with Crippen LogP contribution < -0.4 is 4.90 Å². The van der Waals surface area contributed by atoms with Gasteiger partial charge in [-0.1, -0.05) is 129 Å². The minimum Gasteiger partial charge on any atom is -0.456 e. The van der Waals surface area contributed by atoms with Crippen LogP contribution in [0.4, 0.5) is 17.1 Å². The van der Waals surface area contributed by atoms with E-state index in [-0.39, 0.29) is 5.41 Å². The van der Waals surface area contributed by atoms with Crippen LogP contribution in [0.5, 0.6) is 0 Å². The molecule has 0 atom stereocenters. The van der Waals surface area contributed by atoms with Crippen LogP contribution in [-0.2, 0) is 5.41 Å². The predicted octanol–water partition coefficient (Wildman–Crippen LogP) is 14.1. The van der Waals surface area contributed by atoms with E-state index < -0.39 is 0 Å². The Labute approximate surface area is 301 Å². The van der Waals surface area contributed by atoms with Crippen molar-refractivity contribution in [3.63, 3.8) is 0 Å². The van der Waals surface area contributed by atoms with E-state index in [9.17, 15) is 0 Å². The summed E-state index contributed by atoms with van der Waals surface area (Å²) in [6.07, 6.45) is 0. The molecule has 52 heavy (non-hydrogen) atoms. The van der Waals surface area contributed by atoms with E-state index in [1.807, 2.05) is 12.1 Å². The molecule has 10 aromatic rings. The second-order valence-electron chi connectivity index (χ2n) is 14.5. The predicted molar refractivity (Wildman–Crippen MR) is 216 cm³/mol. The zero-order chi connectivity index (χ0) is 34.6. The molecule has 0 saturated carbocycles. The van der Waals surface area contributed by atoms with Gasteiger partial charge in [0.25, 0.3) is 0 Å². The lowest BCUT2D eigenvalue weighted by molar-refractivity contribution is 0.660. The molecular formula is C49H33NO2. The first kappa shape index (κ1) is 29.2. The van der Waals surface area contributed by atoms with Crippen molar-refractivity contribution in [2.24, 2.45) is 0 Å². The van der Waals surface area contributed by atoms with E-state index in [1.54, 1.807) is 0 Å². The van der Waals surface area contributed by atoms with E-state index in [1.165, 1.54) is 27.6 Å². The number of nitrogens with zero attached hydrogens (tertiary/aromatic N) is 1. The Hall–Kier alpha value is -6.58. The molecule has 0 N–H and O–H groups in total. The van der Waals surface area contributed by atoms with Gasteiger partial charge < -0.3 is 13.7 Å². The number of hydrogen-bond donors (Lipinski definition) is 0. The number of fused-ring (bicyclic) bond motifs is 11. The first-order chi connectivity index (χ1) is 25.5. The second kappa shape index (κ2) is 10.7. The molecule has 0 spiro atoms. The first-order valence-electron chi connectivity index (χ1n) is 17.9. The van der Waals surface area contributed by atoms with Crippen molar-refractivity contribution >= 4 is 71.7 Å². The summed E-state index contributed by atoms with van der Waals surface area (Å²) in [7, 11) is 0. The quantitative estimate of drug-likeness (QED) is 0.187. The van der Waals surface area contributed by atoms with Crippen LogP contribution in [0.15, 0.2) is 173 Å². The number of benzene rings is 8. The topological polar surface area (TPSA) is 29.5 Å². The average molecular weight is 668 g/mol. The first-order valence-corrected chi connectivity index (χ1v) is 17.9. The molecule has 3 nitrogen and oxygen atoms in total. The van der Waals surface area contributed by atoms with Gasteiger partial charge in [-0.05, 0) is 81.7 Å². The summed E-state index contributed by atoms with van der Waals surface area (Å²) in [6, 6.07) is 58.7. The molecule has 2 aromatic heterocycles. The van der Waals surface area contributed by atoms with Gasteiger partial charge in [-0.15, -0.1) is 0 Å². The number of anilines is 3. The van der Waals surface area contributed by atoms with Crippen molar-refractivity contribution in [2.75, 3.05) is 4.90 Å². The Bertz CT molecular complexity index is 3070. The Morgan fingerprint density at radius 2 is 1.13 bits per heavy atom. The van der Waals surface area contributed by atoms with Crippen molar-refractivity contribution in [1.82, 2.24) is 0 Å². The van der Waals surface area contributed by atoms with Crippen LogP contribution in [0, 0.1) is 0 Å². The van der Waals surface area contributed by atoms with Gasteiger partial charge in [0.1, 0.15) is 22.3 Å². The smallest absolute Gasteiger partial charge is 0.143 e. The van der Waals surface area contributed by atoms with Gasteiger partial charge in [0.05, 0.1) is 5.69 Å². The summed E-state index contributed by atoms with van der Waals surface area (Å²) in [5.74, 6) is 0. The summed E-state index contributed by atoms with van der Waals surface area (Å²) in [5.41, 5.74) is 14.2. The number of furan rings is 2. The third-order valence-electron chi connectivity index (χ3n) is 11.2. The van der Waals surface area contributed by atoms with Gasteiger partial charge in [0.15, 0.2) is 0 Å². The van der Waals surface area contributed by atoms with Crippen LogP contribution in [-0.4, -0.2) is 0 Å². The standard InChI is InChI=1S/C49H33NO2/c1-49(2)42-21-7-5-16-36(42)38-19-11-22-43(46(38)49)50(33-25-27-45-41(29-33)37-17-6-8-23-44(37)51-45)32-14-9-13-31(28-32)35-18-10-20-39-40-26-24-30-12-3-4-15-34(30)47(40)52-48(35)39/h3-29H,1-2H3. The van der Waals surface area contributed by atoms with Crippen LogP contribution in [0.1, 0.15) is 25.0 Å². The van der Waals surface area contributed by atoms with E-state index >= 15 is 0 Å². The summed E-state index contributed by atoms with van der Waals surface area (Å²) >= 11 is 0. The molecule has 246 valence electrons. The molecule has 1 aliphatic rings. The third kappa shape index (κ3) is 4.08. The highest BCUT2D eigenvalue weighted by Gasteiger charge is 2.38. The molecule has 3 heteroatoms. The largest absolute Gasteiger partial charge is 0.456 e. The summed E-state index contributed by atoms with van der Waals surface area (Å²) in [4.78, 5) is 2.43. The maximum Gasteiger partial charge on any atom is 0.143 e. The van der Waals surface area contributed by atoms with Crippen molar-refractivity contribution in [3.8, 4) is 22.3 Å². The normalized spacial score (nSPS) is 13.3. The Kier molecular flexibility index (Phi) is 6.01. The minimum absolute atomic E-state index is 0.201. The van der Waals surface area contributed by atoms with Crippen LogP contribution in [0.2, 0.25) is 0 Å². The van der Waals surface area contributed by atoms with E-state index in [0.717, 1.165) is 77.5 Å². The Morgan fingerprint density at radius 1 is 0.442 bits per heavy atom. The van der Waals surface area contributed by atoms with E-state index in [0.29, 0.717) is 0 Å². The second-order valence-corrected chi connectivity index (χ2v) is 14.5. The fraction of sp³-hybridized carbons (Fsp3) is 0.0612. The van der Waals surface area contributed by atoms with E-state index in [4.69, 9.17) is 8.83 Å². The zero-order valence-electron chi connectivity index (χ0n) is 28.9. The summed E-state index contributed by atoms with van der Waals surface area (Å²) < 4.78 is 13.1. The lowest BCUT2D eigenvalue weighted by Crippen LogP contribution is -2.20. The van der Waals surface area contributed by atoms with Gasteiger partial charge in [-0.25, -0.2) is 0 Å². The summed E-state index contributed by atoms with van der Waals surface area (Å²) in [6.45, 7) is 4.71. The average Bonchev–Trinajstić information content (AvgIpc) is 3.83. The molecule has 11 rings (SSSR count). The molecule has 0 saturated heterocycles. The minimum atomic E-state index is -0.201. The number of para-hydroxylation sites is 2. The molecular weight excluding hydrogens is 635 g/mol. The highest BCUT2D eigenvalue weighted by atomic mass is 16.3. The van der Waals surface area contributed by atoms with E-state index in [2.05, 4.69) is 170 Å². The van der Waals surface area contributed by atoms with Gasteiger partial charge in [0.2, 0.25) is 0 Å². The third-order valence-corrected chi connectivity index (χ3v) is 11.2.